The molecule has 0 bridgehead atoms. The summed E-state index contributed by atoms with van der Waals surface area (Å²) in [5.41, 5.74) is 14.4. The number of hydrogen-bond donors (Lipinski definition) is 3. The fraction of sp³-hybridized carbons (Fsp3) is 0. The van der Waals surface area contributed by atoms with Crippen molar-refractivity contribution in [3.8, 4) is 16.9 Å². The molecule has 0 amide bonds. The number of benzene rings is 2. The van der Waals surface area contributed by atoms with Crippen molar-refractivity contribution in [2.24, 2.45) is 0 Å². The van der Waals surface area contributed by atoms with Gasteiger partial charge in [0.25, 0.3) is 0 Å². The SMILES string of the molecule is Nc1cc(O)cc(-c2ccccc2N)c1. The second kappa shape index (κ2) is 3.53. The van der Waals surface area contributed by atoms with Crippen LogP contribution in [0.5, 0.6) is 5.75 Å². The molecule has 0 radical (unpaired) electrons. The fourth-order valence-electron chi connectivity index (χ4n) is 1.55. The standard InChI is InChI=1S/C12H12N2O/c13-9-5-8(6-10(15)7-9)11-3-1-2-4-12(11)14/h1-7,15H,13-14H2. The first-order valence-corrected chi connectivity index (χ1v) is 4.61. The van der Waals surface area contributed by atoms with Crippen LogP contribution in [0.3, 0.4) is 0 Å². The normalized spacial score (nSPS) is 10.1. The first-order chi connectivity index (χ1) is 7.16. The van der Waals surface area contributed by atoms with Gasteiger partial charge in [-0.1, -0.05) is 18.2 Å². The predicted octanol–water partition coefficient (Wildman–Crippen LogP) is 2.22. The Balaban J connectivity index is 2.59. The highest BCUT2D eigenvalue weighted by Gasteiger charge is 2.03. The molecule has 3 heteroatoms. The molecule has 76 valence electrons. The van der Waals surface area contributed by atoms with Gasteiger partial charge in [0.2, 0.25) is 0 Å². The number of para-hydroxylation sites is 1. The molecule has 0 saturated carbocycles. The van der Waals surface area contributed by atoms with E-state index < -0.39 is 0 Å². The summed E-state index contributed by atoms with van der Waals surface area (Å²) < 4.78 is 0. The molecule has 0 fully saturated rings. The molecule has 0 heterocycles. The lowest BCUT2D eigenvalue weighted by molar-refractivity contribution is 0.476. The van der Waals surface area contributed by atoms with E-state index in [0.717, 1.165) is 11.1 Å². The largest absolute Gasteiger partial charge is 0.508 e. The van der Waals surface area contributed by atoms with Gasteiger partial charge in [0.15, 0.2) is 0 Å². The number of hydrogen-bond acceptors (Lipinski definition) is 3. The van der Waals surface area contributed by atoms with E-state index in [1.165, 1.54) is 6.07 Å². The van der Waals surface area contributed by atoms with Crippen LogP contribution < -0.4 is 11.5 Å². The quantitative estimate of drug-likeness (QED) is 0.618. The van der Waals surface area contributed by atoms with Crippen molar-refractivity contribution in [1.29, 1.82) is 0 Å². The number of nitrogen functional groups attached to an aromatic ring is 2. The lowest BCUT2D eigenvalue weighted by atomic mass is 10.0. The first kappa shape index (κ1) is 9.40. The summed E-state index contributed by atoms with van der Waals surface area (Å²) in [6.07, 6.45) is 0. The number of anilines is 2. The van der Waals surface area contributed by atoms with Gasteiger partial charge in [-0.2, -0.15) is 0 Å². The molecule has 2 rings (SSSR count). The Morgan fingerprint density at radius 1 is 0.933 bits per heavy atom. The molecule has 0 aromatic heterocycles. The molecule has 0 atom stereocenters. The Kier molecular flexibility index (Phi) is 2.21. The second-order valence-electron chi connectivity index (χ2n) is 3.40. The van der Waals surface area contributed by atoms with E-state index in [0.29, 0.717) is 11.4 Å². The summed E-state index contributed by atoms with van der Waals surface area (Å²) in [6.45, 7) is 0. The zero-order chi connectivity index (χ0) is 10.8. The zero-order valence-corrected chi connectivity index (χ0v) is 8.14. The Morgan fingerprint density at radius 3 is 2.33 bits per heavy atom. The van der Waals surface area contributed by atoms with Crippen molar-refractivity contribution in [2.75, 3.05) is 11.5 Å². The van der Waals surface area contributed by atoms with Gasteiger partial charge in [-0.25, -0.2) is 0 Å². The van der Waals surface area contributed by atoms with Crippen LogP contribution in [0.4, 0.5) is 11.4 Å². The van der Waals surface area contributed by atoms with Gasteiger partial charge in [-0.05, 0) is 23.8 Å². The summed E-state index contributed by atoms with van der Waals surface area (Å²) in [5, 5.41) is 9.43. The van der Waals surface area contributed by atoms with Crippen molar-refractivity contribution in [1.82, 2.24) is 0 Å². The summed E-state index contributed by atoms with van der Waals surface area (Å²) in [6, 6.07) is 12.4. The molecule has 0 aliphatic rings. The molecule has 2 aromatic rings. The van der Waals surface area contributed by atoms with Gasteiger partial charge in [0.1, 0.15) is 5.75 Å². The van der Waals surface area contributed by atoms with Gasteiger partial charge in [0, 0.05) is 23.0 Å². The summed E-state index contributed by atoms with van der Waals surface area (Å²) >= 11 is 0. The highest BCUT2D eigenvalue weighted by molar-refractivity contribution is 5.78. The van der Waals surface area contributed by atoms with Crippen molar-refractivity contribution in [3.05, 3.63) is 42.5 Å². The van der Waals surface area contributed by atoms with E-state index in [9.17, 15) is 5.11 Å². The second-order valence-corrected chi connectivity index (χ2v) is 3.40. The Labute approximate surface area is 88.0 Å². The maximum absolute atomic E-state index is 9.43. The van der Waals surface area contributed by atoms with Crippen molar-refractivity contribution < 1.29 is 5.11 Å². The molecule has 15 heavy (non-hydrogen) atoms. The lowest BCUT2D eigenvalue weighted by Gasteiger charge is -2.07. The monoisotopic (exact) mass is 200 g/mol. The van der Waals surface area contributed by atoms with E-state index in [1.807, 2.05) is 24.3 Å². The third kappa shape index (κ3) is 1.86. The minimum absolute atomic E-state index is 0.147. The predicted molar refractivity (Wildman–Crippen MR) is 62.4 cm³/mol. The molecule has 3 nitrogen and oxygen atoms in total. The number of nitrogens with two attached hydrogens (primary N) is 2. The first-order valence-electron chi connectivity index (χ1n) is 4.61. The zero-order valence-electron chi connectivity index (χ0n) is 8.14. The van der Waals surface area contributed by atoms with Gasteiger partial charge in [-0.15, -0.1) is 0 Å². The summed E-state index contributed by atoms with van der Waals surface area (Å²) in [4.78, 5) is 0. The highest BCUT2D eigenvalue weighted by atomic mass is 16.3. The van der Waals surface area contributed by atoms with E-state index in [1.54, 1.807) is 12.1 Å². The van der Waals surface area contributed by atoms with Gasteiger partial charge < -0.3 is 16.6 Å². The van der Waals surface area contributed by atoms with Crippen LogP contribution in [-0.2, 0) is 0 Å². The maximum atomic E-state index is 9.43. The van der Waals surface area contributed by atoms with E-state index >= 15 is 0 Å². The molecule has 0 saturated heterocycles. The molecule has 0 aliphatic heterocycles. The highest BCUT2D eigenvalue weighted by Crippen LogP contribution is 2.30. The smallest absolute Gasteiger partial charge is 0.118 e. The number of phenols is 1. The van der Waals surface area contributed by atoms with E-state index in [2.05, 4.69) is 0 Å². The van der Waals surface area contributed by atoms with Crippen LogP contribution in [-0.4, -0.2) is 5.11 Å². The number of aromatic hydroxyl groups is 1. The lowest BCUT2D eigenvalue weighted by Crippen LogP contribution is -1.91. The third-order valence-electron chi connectivity index (χ3n) is 2.21. The van der Waals surface area contributed by atoms with Crippen LogP contribution in [0.2, 0.25) is 0 Å². The maximum Gasteiger partial charge on any atom is 0.118 e. The van der Waals surface area contributed by atoms with Gasteiger partial charge in [-0.3, -0.25) is 0 Å². The van der Waals surface area contributed by atoms with Crippen LogP contribution in [0.1, 0.15) is 0 Å². The average Bonchev–Trinajstić information content (AvgIpc) is 2.16. The number of phenolic OH excluding ortho intramolecular Hbond substituents is 1. The van der Waals surface area contributed by atoms with Crippen molar-refractivity contribution in [2.45, 2.75) is 0 Å². The van der Waals surface area contributed by atoms with Crippen LogP contribution in [0.25, 0.3) is 11.1 Å². The molecule has 0 unspecified atom stereocenters. The van der Waals surface area contributed by atoms with Gasteiger partial charge in [0.05, 0.1) is 0 Å². The Hall–Kier alpha value is -2.16. The van der Waals surface area contributed by atoms with E-state index in [4.69, 9.17) is 11.5 Å². The number of rotatable bonds is 1. The third-order valence-corrected chi connectivity index (χ3v) is 2.21. The van der Waals surface area contributed by atoms with Crippen molar-refractivity contribution >= 4 is 11.4 Å². The molecule has 5 N–H and O–H groups in total. The summed E-state index contributed by atoms with van der Waals surface area (Å²) in [5.74, 6) is 0.147. The van der Waals surface area contributed by atoms with Gasteiger partial charge >= 0.3 is 0 Å². The molecular formula is C12H12N2O. The Morgan fingerprint density at radius 2 is 1.67 bits per heavy atom. The average molecular weight is 200 g/mol. The minimum Gasteiger partial charge on any atom is -0.508 e. The van der Waals surface area contributed by atoms with Crippen LogP contribution >= 0.6 is 0 Å². The fourth-order valence-corrected chi connectivity index (χ4v) is 1.55. The Bertz CT molecular complexity index is 474. The molecular weight excluding hydrogens is 188 g/mol. The minimum atomic E-state index is 0.147. The van der Waals surface area contributed by atoms with Crippen LogP contribution in [0, 0.1) is 0 Å². The molecule has 0 spiro atoms. The topological polar surface area (TPSA) is 72.3 Å². The van der Waals surface area contributed by atoms with Crippen molar-refractivity contribution in [3.63, 3.8) is 0 Å². The van der Waals surface area contributed by atoms with E-state index in [-0.39, 0.29) is 5.75 Å². The molecule has 2 aromatic carbocycles. The summed E-state index contributed by atoms with van der Waals surface area (Å²) in [7, 11) is 0. The molecule has 0 aliphatic carbocycles. The van der Waals surface area contributed by atoms with Crippen LogP contribution in [0.15, 0.2) is 42.5 Å².